The summed E-state index contributed by atoms with van der Waals surface area (Å²) in [7, 11) is 0. The number of piperidine rings is 1. The van der Waals surface area contributed by atoms with E-state index in [0.29, 0.717) is 11.3 Å². The summed E-state index contributed by atoms with van der Waals surface area (Å²) in [6.45, 7) is 10.8. The number of aromatic nitrogens is 2. The van der Waals surface area contributed by atoms with Gasteiger partial charge in [-0.05, 0) is 84.3 Å². The van der Waals surface area contributed by atoms with Crippen molar-refractivity contribution in [3.63, 3.8) is 0 Å². The average molecular weight is 575 g/mol. The van der Waals surface area contributed by atoms with E-state index in [4.69, 9.17) is 16.6 Å². The number of benzene rings is 1. The van der Waals surface area contributed by atoms with Gasteiger partial charge in [0.25, 0.3) is 0 Å². The molecule has 36 heavy (non-hydrogen) atoms. The van der Waals surface area contributed by atoms with Gasteiger partial charge in [-0.25, -0.2) is 9.67 Å². The Balaban J connectivity index is 1.20. The lowest BCUT2D eigenvalue weighted by atomic mass is 9.68. The van der Waals surface area contributed by atoms with Crippen LogP contribution in [0.3, 0.4) is 0 Å². The molecule has 5 nitrogen and oxygen atoms in total. The number of rotatable bonds is 7. The van der Waals surface area contributed by atoms with Gasteiger partial charge in [-0.3, -0.25) is 5.32 Å². The number of nitrogens with zero attached hydrogens (tertiary/aromatic N) is 4. The van der Waals surface area contributed by atoms with Crippen molar-refractivity contribution in [2.24, 2.45) is 22.2 Å². The largest absolute Gasteiger partial charge is 0.300 e. The summed E-state index contributed by atoms with van der Waals surface area (Å²) in [6.07, 6.45) is 12.1. The first-order valence-corrected chi connectivity index (χ1v) is 15.1. The number of hydrogen-bond acceptors (Lipinski definition) is 4. The van der Waals surface area contributed by atoms with Crippen LogP contribution >= 0.6 is 27.5 Å². The van der Waals surface area contributed by atoms with Gasteiger partial charge in [-0.1, -0.05) is 57.0 Å². The highest BCUT2D eigenvalue weighted by Crippen LogP contribution is 2.42. The van der Waals surface area contributed by atoms with Crippen LogP contribution in [0.5, 0.6) is 0 Å². The van der Waals surface area contributed by atoms with Crippen LogP contribution in [0.15, 0.2) is 39.9 Å². The molecule has 0 spiro atoms. The van der Waals surface area contributed by atoms with Gasteiger partial charge in [-0.15, -0.1) is 0 Å². The van der Waals surface area contributed by atoms with Crippen LogP contribution in [0.25, 0.3) is 0 Å². The van der Waals surface area contributed by atoms with E-state index < -0.39 is 0 Å². The smallest absolute Gasteiger partial charge is 0.166 e. The SMILES string of the molecule is CCC(C)(C)C1CCC(N2CCCC(CNC3CC(c4ccccc4Cl)=Nc4c(Br)cnn43)C2)CC1. The molecule has 0 amide bonds. The van der Waals surface area contributed by atoms with Crippen molar-refractivity contribution in [2.75, 3.05) is 19.6 Å². The topological polar surface area (TPSA) is 45.4 Å². The van der Waals surface area contributed by atoms with Gasteiger partial charge in [0.15, 0.2) is 5.82 Å². The maximum absolute atomic E-state index is 6.54. The average Bonchev–Trinajstić information content (AvgIpc) is 3.28. The first-order valence-electron chi connectivity index (χ1n) is 13.9. The van der Waals surface area contributed by atoms with Crippen molar-refractivity contribution in [1.82, 2.24) is 20.0 Å². The zero-order valence-electron chi connectivity index (χ0n) is 22.0. The van der Waals surface area contributed by atoms with E-state index in [1.54, 1.807) is 0 Å². The van der Waals surface area contributed by atoms with Crippen molar-refractivity contribution in [3.8, 4) is 0 Å². The van der Waals surface area contributed by atoms with E-state index in [2.05, 4.69) is 58.1 Å². The van der Waals surface area contributed by atoms with Crippen LogP contribution in [-0.4, -0.2) is 46.1 Å². The second-order valence-electron chi connectivity index (χ2n) is 11.8. The van der Waals surface area contributed by atoms with Gasteiger partial charge in [-0.2, -0.15) is 5.10 Å². The third-order valence-corrected chi connectivity index (χ3v) is 10.1. The Kier molecular flexibility index (Phi) is 8.26. The Labute approximate surface area is 230 Å². The molecule has 2 aliphatic heterocycles. The fourth-order valence-corrected chi connectivity index (χ4v) is 7.15. The minimum absolute atomic E-state index is 0.0807. The van der Waals surface area contributed by atoms with Crippen LogP contribution in [0, 0.1) is 17.3 Å². The van der Waals surface area contributed by atoms with E-state index in [1.165, 1.54) is 58.0 Å². The highest BCUT2D eigenvalue weighted by molar-refractivity contribution is 9.10. The lowest BCUT2D eigenvalue weighted by Crippen LogP contribution is -2.47. The number of nitrogens with one attached hydrogen (secondary N) is 1. The predicted octanol–water partition coefficient (Wildman–Crippen LogP) is 7.62. The molecule has 0 radical (unpaired) electrons. The van der Waals surface area contributed by atoms with Gasteiger partial charge in [0.05, 0.1) is 16.4 Å². The van der Waals surface area contributed by atoms with Crippen molar-refractivity contribution in [3.05, 3.63) is 45.5 Å². The van der Waals surface area contributed by atoms with E-state index >= 15 is 0 Å². The van der Waals surface area contributed by atoms with Crippen LogP contribution in [0.1, 0.15) is 83.9 Å². The maximum atomic E-state index is 6.54. The minimum Gasteiger partial charge on any atom is -0.300 e. The summed E-state index contributed by atoms with van der Waals surface area (Å²) in [5, 5.41) is 9.25. The summed E-state index contributed by atoms with van der Waals surface area (Å²) in [4.78, 5) is 7.74. The highest BCUT2D eigenvalue weighted by Gasteiger charge is 2.35. The molecule has 1 saturated carbocycles. The summed E-state index contributed by atoms with van der Waals surface area (Å²) < 4.78 is 2.95. The zero-order valence-corrected chi connectivity index (χ0v) is 24.4. The Morgan fingerprint density at radius 1 is 1.14 bits per heavy atom. The standard InChI is InChI=1S/C29H41BrClN5/c1-4-29(2,3)21-11-13-22(14-12-21)35-15-7-8-20(19-35)17-32-27-16-26(23-9-5-6-10-25(23)31)34-28-24(30)18-33-36(27)28/h5-6,9-10,18,20-22,27,32H,4,7-8,11-17,19H2,1-3H3. The molecule has 7 heteroatoms. The predicted molar refractivity (Wildman–Crippen MR) is 153 cm³/mol. The normalized spacial score (nSPS) is 27.5. The fourth-order valence-electron chi connectivity index (χ4n) is 6.54. The molecule has 3 heterocycles. The molecule has 1 aromatic carbocycles. The van der Waals surface area contributed by atoms with E-state index in [-0.39, 0.29) is 6.17 Å². The Hall–Kier alpha value is -1.21. The molecule has 1 N–H and O–H groups in total. The van der Waals surface area contributed by atoms with Gasteiger partial charge in [0.2, 0.25) is 0 Å². The first kappa shape index (κ1) is 26.4. The number of likely N-dealkylation sites (tertiary alicyclic amines) is 1. The monoisotopic (exact) mass is 573 g/mol. The van der Waals surface area contributed by atoms with E-state index in [9.17, 15) is 0 Å². The number of aliphatic imine (C=N–C) groups is 1. The maximum Gasteiger partial charge on any atom is 0.166 e. The molecule has 3 aliphatic rings. The molecule has 1 saturated heterocycles. The molecule has 2 atom stereocenters. The minimum atomic E-state index is 0.0807. The van der Waals surface area contributed by atoms with E-state index in [0.717, 1.165) is 51.5 Å². The Morgan fingerprint density at radius 2 is 1.92 bits per heavy atom. The summed E-state index contributed by atoms with van der Waals surface area (Å²) in [6, 6.07) is 8.78. The molecular formula is C29H41BrClN5. The molecule has 2 unspecified atom stereocenters. The van der Waals surface area contributed by atoms with Crippen molar-refractivity contribution in [1.29, 1.82) is 0 Å². The van der Waals surface area contributed by atoms with Crippen LogP contribution in [0.2, 0.25) is 5.02 Å². The van der Waals surface area contributed by atoms with Gasteiger partial charge in [0, 0.05) is 36.1 Å². The van der Waals surface area contributed by atoms with Crippen molar-refractivity contribution in [2.45, 2.75) is 84.3 Å². The summed E-state index contributed by atoms with van der Waals surface area (Å²) in [5.41, 5.74) is 2.52. The summed E-state index contributed by atoms with van der Waals surface area (Å²) >= 11 is 10.2. The van der Waals surface area contributed by atoms with Crippen molar-refractivity contribution < 1.29 is 0 Å². The quantitative estimate of drug-likeness (QED) is 0.370. The second kappa shape index (κ2) is 11.3. The van der Waals surface area contributed by atoms with Gasteiger partial charge < -0.3 is 4.90 Å². The molecule has 196 valence electrons. The Bertz CT molecular complexity index is 1070. The van der Waals surface area contributed by atoms with Gasteiger partial charge in [0.1, 0.15) is 6.17 Å². The number of halogens is 2. The molecule has 0 bridgehead atoms. The molecular weight excluding hydrogens is 534 g/mol. The van der Waals surface area contributed by atoms with Crippen LogP contribution in [-0.2, 0) is 0 Å². The van der Waals surface area contributed by atoms with Crippen molar-refractivity contribution >= 4 is 39.1 Å². The molecule has 5 rings (SSSR count). The third-order valence-electron chi connectivity index (χ3n) is 9.26. The molecule has 2 aromatic rings. The first-order chi connectivity index (χ1) is 17.4. The summed E-state index contributed by atoms with van der Waals surface area (Å²) in [5.74, 6) is 2.43. The van der Waals surface area contributed by atoms with E-state index in [1.807, 2.05) is 29.1 Å². The van der Waals surface area contributed by atoms with Gasteiger partial charge >= 0.3 is 0 Å². The molecule has 1 aliphatic carbocycles. The van der Waals surface area contributed by atoms with Crippen LogP contribution < -0.4 is 5.32 Å². The van der Waals surface area contributed by atoms with Crippen LogP contribution in [0.4, 0.5) is 5.82 Å². The lowest BCUT2D eigenvalue weighted by molar-refractivity contribution is 0.0577. The number of hydrogen-bond donors (Lipinski definition) is 1. The highest BCUT2D eigenvalue weighted by atomic mass is 79.9. The Morgan fingerprint density at radius 3 is 2.67 bits per heavy atom. The molecule has 1 aromatic heterocycles. The lowest BCUT2D eigenvalue weighted by Gasteiger charge is -2.44. The number of fused-ring (bicyclic) bond motifs is 1. The third kappa shape index (κ3) is 5.62. The zero-order chi connectivity index (χ0) is 25.3. The fraction of sp³-hybridized carbons (Fsp3) is 0.655. The second-order valence-corrected chi connectivity index (χ2v) is 13.0. The molecule has 2 fully saturated rings.